The summed E-state index contributed by atoms with van der Waals surface area (Å²) in [5, 5.41) is 3.34. The zero-order valence-electron chi connectivity index (χ0n) is 18.6. The highest BCUT2D eigenvalue weighted by molar-refractivity contribution is 5.75. The maximum Gasteiger partial charge on any atom is 0.150 e. The van der Waals surface area contributed by atoms with Crippen molar-refractivity contribution in [3.8, 4) is 11.8 Å². The highest BCUT2D eigenvalue weighted by atomic mass is 19.1. The van der Waals surface area contributed by atoms with Crippen LogP contribution in [-0.4, -0.2) is 18.9 Å². The predicted molar refractivity (Wildman–Crippen MR) is 119 cm³/mol. The molecule has 2 nitrogen and oxygen atoms in total. The fraction of sp³-hybridized carbons (Fsp3) is 0.640. The van der Waals surface area contributed by atoms with E-state index in [1.807, 2.05) is 7.05 Å². The van der Waals surface area contributed by atoms with Gasteiger partial charge in [-0.05, 0) is 76.1 Å². The molecule has 1 aliphatic carbocycles. The molecule has 1 fully saturated rings. The number of hydrogen-bond donors (Lipinski definition) is 1. The minimum atomic E-state index is -0.358. The molecule has 0 unspecified atom stereocenters. The quantitative estimate of drug-likeness (QED) is 0.322. The van der Waals surface area contributed by atoms with Gasteiger partial charge in [-0.3, -0.25) is 4.79 Å². The molecule has 3 heteroatoms. The van der Waals surface area contributed by atoms with Crippen LogP contribution in [0.3, 0.4) is 0 Å². The standard InChI is InChI=1S/C13H11FO.C12H27N.H2/c14-13-7-6-11(9-15)8-12(13)3-1-2-10-4-5-10;1-11(2,3)9-7-8-10-12(4,5)13-6;/h6-10H,2,4-5H2;13H,7-10H2,1-6H3;1H. The largest absolute Gasteiger partial charge is 0.315 e. The van der Waals surface area contributed by atoms with Gasteiger partial charge in [0.15, 0.2) is 0 Å². The first-order chi connectivity index (χ1) is 13.1. The highest BCUT2D eigenvalue weighted by Gasteiger charge is 2.19. The van der Waals surface area contributed by atoms with E-state index in [0.29, 0.717) is 28.4 Å². The minimum Gasteiger partial charge on any atom is -0.315 e. The summed E-state index contributed by atoms with van der Waals surface area (Å²) in [6.45, 7) is 11.5. The molecule has 1 aromatic carbocycles. The van der Waals surface area contributed by atoms with Crippen molar-refractivity contribution in [2.45, 2.75) is 85.1 Å². The van der Waals surface area contributed by atoms with Crippen LogP contribution in [-0.2, 0) is 0 Å². The summed E-state index contributed by atoms with van der Waals surface area (Å²) < 4.78 is 13.2. The zero-order valence-corrected chi connectivity index (χ0v) is 18.6. The first-order valence-corrected chi connectivity index (χ1v) is 10.5. The number of unbranched alkanes of at least 4 members (excludes halogenated alkanes) is 1. The van der Waals surface area contributed by atoms with Gasteiger partial charge >= 0.3 is 0 Å². The van der Waals surface area contributed by atoms with Gasteiger partial charge in [0, 0.05) is 18.9 Å². The van der Waals surface area contributed by atoms with Crippen molar-refractivity contribution in [1.29, 1.82) is 0 Å². The second-order valence-corrected chi connectivity index (χ2v) is 9.71. The van der Waals surface area contributed by atoms with Gasteiger partial charge in [0.25, 0.3) is 0 Å². The highest BCUT2D eigenvalue weighted by Crippen LogP contribution is 2.31. The van der Waals surface area contributed by atoms with E-state index >= 15 is 0 Å². The number of aldehydes is 1. The summed E-state index contributed by atoms with van der Waals surface area (Å²) in [7, 11) is 2.05. The number of carbonyl (C=O) groups excluding carboxylic acids is 1. The third-order valence-corrected chi connectivity index (χ3v) is 5.09. The lowest BCUT2D eigenvalue weighted by Crippen LogP contribution is -2.35. The number of benzene rings is 1. The third-order valence-electron chi connectivity index (χ3n) is 5.09. The van der Waals surface area contributed by atoms with Crippen LogP contribution in [0.25, 0.3) is 0 Å². The molecular weight excluding hydrogens is 349 g/mol. The lowest BCUT2D eigenvalue weighted by molar-refractivity contribution is 0.112. The molecule has 0 radical (unpaired) electrons. The molecule has 28 heavy (non-hydrogen) atoms. The van der Waals surface area contributed by atoms with Crippen LogP contribution in [0.5, 0.6) is 0 Å². The molecule has 0 heterocycles. The Morgan fingerprint density at radius 3 is 2.36 bits per heavy atom. The van der Waals surface area contributed by atoms with Gasteiger partial charge in [0.2, 0.25) is 0 Å². The van der Waals surface area contributed by atoms with E-state index in [1.165, 1.54) is 56.7 Å². The van der Waals surface area contributed by atoms with Gasteiger partial charge in [-0.1, -0.05) is 45.5 Å². The topological polar surface area (TPSA) is 29.1 Å². The molecular formula is C25H40FNO. The Kier molecular flexibility index (Phi) is 9.90. The van der Waals surface area contributed by atoms with Crippen molar-refractivity contribution in [2.24, 2.45) is 11.3 Å². The monoisotopic (exact) mass is 389 g/mol. The Morgan fingerprint density at radius 1 is 1.18 bits per heavy atom. The maximum atomic E-state index is 13.2. The van der Waals surface area contributed by atoms with Gasteiger partial charge in [-0.15, -0.1) is 0 Å². The van der Waals surface area contributed by atoms with Gasteiger partial charge in [-0.2, -0.15) is 0 Å². The molecule has 1 aromatic rings. The third kappa shape index (κ3) is 11.2. The Hall–Kier alpha value is -1.66. The molecule has 2 rings (SSSR count). The van der Waals surface area contributed by atoms with Crippen molar-refractivity contribution >= 4 is 6.29 Å². The van der Waals surface area contributed by atoms with Crippen LogP contribution >= 0.6 is 0 Å². The average Bonchev–Trinajstić information content (AvgIpc) is 3.45. The van der Waals surface area contributed by atoms with Crippen molar-refractivity contribution in [1.82, 2.24) is 5.32 Å². The van der Waals surface area contributed by atoms with Gasteiger partial charge in [0.05, 0.1) is 5.56 Å². The molecule has 1 N–H and O–H groups in total. The first kappa shape index (κ1) is 24.4. The van der Waals surface area contributed by atoms with Crippen molar-refractivity contribution in [3.05, 3.63) is 35.1 Å². The van der Waals surface area contributed by atoms with E-state index in [1.54, 1.807) is 0 Å². The lowest BCUT2D eigenvalue weighted by Gasteiger charge is -2.25. The number of rotatable bonds is 7. The lowest BCUT2D eigenvalue weighted by atomic mass is 9.88. The summed E-state index contributed by atoms with van der Waals surface area (Å²) >= 11 is 0. The van der Waals surface area contributed by atoms with Crippen molar-refractivity contribution < 1.29 is 10.6 Å². The summed E-state index contributed by atoms with van der Waals surface area (Å²) in [5.41, 5.74) is 1.61. The predicted octanol–water partition coefficient (Wildman–Crippen LogP) is 6.63. The summed E-state index contributed by atoms with van der Waals surface area (Å²) in [6.07, 6.45) is 9.33. The second kappa shape index (κ2) is 11.4. The van der Waals surface area contributed by atoms with Crippen LogP contribution in [0.4, 0.5) is 4.39 Å². The van der Waals surface area contributed by atoms with E-state index in [2.05, 4.69) is 51.8 Å². The number of nitrogens with one attached hydrogen (secondary N) is 1. The van der Waals surface area contributed by atoms with Gasteiger partial charge < -0.3 is 5.32 Å². The molecule has 0 saturated heterocycles. The number of halogens is 1. The van der Waals surface area contributed by atoms with Crippen LogP contribution in [0.2, 0.25) is 0 Å². The smallest absolute Gasteiger partial charge is 0.150 e. The molecule has 0 atom stereocenters. The molecule has 1 saturated carbocycles. The van der Waals surface area contributed by atoms with Crippen molar-refractivity contribution in [3.63, 3.8) is 0 Å². The normalized spacial score (nSPS) is 13.8. The van der Waals surface area contributed by atoms with E-state index in [0.717, 1.165) is 12.3 Å². The number of hydrogen-bond acceptors (Lipinski definition) is 2. The molecule has 0 spiro atoms. The molecule has 0 aromatic heterocycles. The summed E-state index contributed by atoms with van der Waals surface area (Å²) in [4.78, 5) is 10.5. The van der Waals surface area contributed by atoms with Crippen LogP contribution in [0.1, 0.15) is 96.9 Å². The SMILES string of the molecule is CNC(C)(C)CCCCC(C)(C)C.O=Cc1ccc(F)c(C#CCC2CC2)c1.[HH]. The van der Waals surface area contributed by atoms with Crippen LogP contribution < -0.4 is 5.32 Å². The van der Waals surface area contributed by atoms with Gasteiger partial charge in [-0.25, -0.2) is 4.39 Å². The van der Waals surface area contributed by atoms with E-state index in [-0.39, 0.29) is 7.24 Å². The van der Waals surface area contributed by atoms with E-state index < -0.39 is 0 Å². The fourth-order valence-electron chi connectivity index (χ4n) is 2.67. The molecule has 0 aliphatic heterocycles. The summed E-state index contributed by atoms with van der Waals surface area (Å²) in [6, 6.07) is 4.22. The number of carbonyl (C=O) groups is 1. The van der Waals surface area contributed by atoms with Crippen LogP contribution in [0.15, 0.2) is 18.2 Å². The van der Waals surface area contributed by atoms with E-state index in [9.17, 15) is 9.18 Å². The molecule has 158 valence electrons. The Labute approximate surface area is 173 Å². The second-order valence-electron chi connectivity index (χ2n) is 9.71. The van der Waals surface area contributed by atoms with Crippen LogP contribution in [0, 0.1) is 29.0 Å². The molecule has 1 aliphatic rings. The van der Waals surface area contributed by atoms with Crippen molar-refractivity contribution in [2.75, 3.05) is 7.05 Å². The summed E-state index contributed by atoms with van der Waals surface area (Å²) in [5.74, 6) is 6.08. The Balaban J connectivity index is 0.000000530. The minimum absolute atomic E-state index is 0. The Bertz CT molecular complexity index is 678. The molecule has 0 bridgehead atoms. The Morgan fingerprint density at radius 2 is 1.82 bits per heavy atom. The average molecular weight is 390 g/mol. The van der Waals surface area contributed by atoms with Gasteiger partial charge in [0.1, 0.15) is 12.1 Å². The first-order valence-electron chi connectivity index (χ1n) is 10.5. The molecule has 0 amide bonds. The zero-order chi connectivity index (χ0) is 21.2. The van der Waals surface area contributed by atoms with E-state index in [4.69, 9.17) is 0 Å². The fourth-order valence-corrected chi connectivity index (χ4v) is 2.67. The maximum absolute atomic E-state index is 13.2.